The number of carbonyl (C=O) groups excluding carboxylic acids is 2. The summed E-state index contributed by atoms with van der Waals surface area (Å²) in [7, 11) is 0. The topological polar surface area (TPSA) is 78.4 Å². The molecule has 0 saturated heterocycles. The summed E-state index contributed by atoms with van der Waals surface area (Å²) in [5.41, 5.74) is 2.59. The van der Waals surface area contributed by atoms with Crippen molar-refractivity contribution in [1.29, 1.82) is 0 Å². The molecule has 5 nitrogen and oxygen atoms in total. The molecule has 0 aliphatic heterocycles. The SMILES string of the molecule is O=C(C=Cc1ccc(C(=O)NO)s1)NCc1ccccc1. The number of amides is 2. The summed E-state index contributed by atoms with van der Waals surface area (Å²) in [6.45, 7) is 0.465. The minimum Gasteiger partial charge on any atom is -0.348 e. The number of hydroxylamine groups is 1. The van der Waals surface area contributed by atoms with Crippen LogP contribution in [0.15, 0.2) is 48.5 Å². The van der Waals surface area contributed by atoms with E-state index in [2.05, 4.69) is 5.32 Å². The average Bonchev–Trinajstić information content (AvgIpc) is 3.00. The first-order valence-corrected chi connectivity index (χ1v) is 7.05. The highest BCUT2D eigenvalue weighted by Crippen LogP contribution is 2.17. The van der Waals surface area contributed by atoms with Crippen molar-refractivity contribution in [3.05, 3.63) is 63.9 Å². The summed E-state index contributed by atoms with van der Waals surface area (Å²) in [6, 6.07) is 12.9. The van der Waals surface area contributed by atoms with Gasteiger partial charge in [-0.05, 0) is 23.8 Å². The molecular weight excluding hydrogens is 288 g/mol. The van der Waals surface area contributed by atoms with Crippen LogP contribution >= 0.6 is 11.3 Å². The van der Waals surface area contributed by atoms with Crippen LogP contribution in [0.25, 0.3) is 6.08 Å². The highest BCUT2D eigenvalue weighted by Gasteiger charge is 2.06. The third-order valence-electron chi connectivity index (χ3n) is 2.66. The van der Waals surface area contributed by atoms with Gasteiger partial charge in [-0.15, -0.1) is 11.3 Å². The maximum Gasteiger partial charge on any atom is 0.284 e. The Balaban J connectivity index is 1.87. The molecule has 0 radical (unpaired) electrons. The molecule has 1 aromatic heterocycles. The van der Waals surface area contributed by atoms with Gasteiger partial charge in [-0.2, -0.15) is 0 Å². The Hall–Kier alpha value is -2.44. The molecule has 108 valence electrons. The second-order valence-corrected chi connectivity index (χ2v) is 5.30. The number of thiophene rings is 1. The van der Waals surface area contributed by atoms with Crippen molar-refractivity contribution < 1.29 is 14.8 Å². The highest BCUT2D eigenvalue weighted by atomic mass is 32.1. The zero-order valence-electron chi connectivity index (χ0n) is 11.1. The molecule has 1 heterocycles. The lowest BCUT2D eigenvalue weighted by Gasteiger charge is -2.01. The Morgan fingerprint density at radius 3 is 2.62 bits per heavy atom. The standard InChI is InChI=1S/C15H14N2O3S/c18-14(16-10-11-4-2-1-3-5-11)9-7-12-6-8-13(21-12)15(19)17-20/h1-9,20H,10H2,(H,16,18)(H,17,19). The molecule has 0 fully saturated rings. The molecule has 0 spiro atoms. The molecule has 0 saturated carbocycles. The van der Waals surface area contributed by atoms with Crippen LogP contribution in [0.1, 0.15) is 20.1 Å². The van der Waals surface area contributed by atoms with E-state index in [1.807, 2.05) is 30.3 Å². The summed E-state index contributed by atoms with van der Waals surface area (Å²) >= 11 is 1.18. The number of carbonyl (C=O) groups is 2. The summed E-state index contributed by atoms with van der Waals surface area (Å²) in [5, 5.41) is 11.3. The predicted molar refractivity (Wildman–Crippen MR) is 80.9 cm³/mol. The van der Waals surface area contributed by atoms with Gasteiger partial charge >= 0.3 is 0 Å². The van der Waals surface area contributed by atoms with Gasteiger partial charge in [0.05, 0.1) is 4.88 Å². The first-order valence-electron chi connectivity index (χ1n) is 6.23. The number of hydrogen-bond donors (Lipinski definition) is 3. The van der Waals surface area contributed by atoms with E-state index in [1.165, 1.54) is 17.4 Å². The van der Waals surface area contributed by atoms with Crippen molar-refractivity contribution in [3.8, 4) is 0 Å². The van der Waals surface area contributed by atoms with Gasteiger partial charge in [-0.1, -0.05) is 30.3 Å². The molecule has 2 aromatic rings. The van der Waals surface area contributed by atoms with E-state index < -0.39 is 5.91 Å². The molecule has 2 rings (SSSR count). The fourth-order valence-corrected chi connectivity index (χ4v) is 2.42. The van der Waals surface area contributed by atoms with Crippen molar-refractivity contribution in [2.45, 2.75) is 6.54 Å². The lowest BCUT2D eigenvalue weighted by Crippen LogP contribution is -2.20. The van der Waals surface area contributed by atoms with Crippen molar-refractivity contribution in [1.82, 2.24) is 10.8 Å². The van der Waals surface area contributed by atoms with Gasteiger partial charge in [0.15, 0.2) is 0 Å². The Morgan fingerprint density at radius 1 is 1.14 bits per heavy atom. The van der Waals surface area contributed by atoms with Crippen LogP contribution in [0.5, 0.6) is 0 Å². The summed E-state index contributed by atoms with van der Waals surface area (Å²) in [4.78, 5) is 24.0. The van der Waals surface area contributed by atoms with Crippen molar-refractivity contribution >= 4 is 29.2 Å². The van der Waals surface area contributed by atoms with Gasteiger partial charge in [0, 0.05) is 17.5 Å². The zero-order valence-corrected chi connectivity index (χ0v) is 11.9. The number of hydrogen-bond acceptors (Lipinski definition) is 4. The molecule has 6 heteroatoms. The Kier molecular flexibility index (Phi) is 5.25. The quantitative estimate of drug-likeness (QED) is 0.450. The van der Waals surface area contributed by atoms with Gasteiger partial charge < -0.3 is 5.32 Å². The molecule has 0 bridgehead atoms. The maximum absolute atomic E-state index is 11.7. The predicted octanol–water partition coefficient (Wildman–Crippen LogP) is 2.20. The third kappa shape index (κ3) is 4.55. The van der Waals surface area contributed by atoms with Crippen LogP contribution in [-0.4, -0.2) is 17.0 Å². The summed E-state index contributed by atoms with van der Waals surface area (Å²) in [6.07, 6.45) is 3.04. The molecule has 2 amide bonds. The summed E-state index contributed by atoms with van der Waals surface area (Å²) < 4.78 is 0. The first-order chi connectivity index (χ1) is 10.2. The zero-order chi connectivity index (χ0) is 15.1. The lowest BCUT2D eigenvalue weighted by molar-refractivity contribution is -0.116. The molecule has 1 aromatic carbocycles. The first kappa shape index (κ1) is 15.0. The monoisotopic (exact) mass is 302 g/mol. The normalized spacial score (nSPS) is 10.5. The van der Waals surface area contributed by atoms with E-state index >= 15 is 0 Å². The van der Waals surface area contributed by atoms with Crippen LogP contribution in [0.3, 0.4) is 0 Å². The van der Waals surface area contributed by atoms with Gasteiger partial charge in [-0.25, -0.2) is 5.48 Å². The smallest absolute Gasteiger partial charge is 0.284 e. The van der Waals surface area contributed by atoms with Crippen LogP contribution < -0.4 is 10.8 Å². The molecule has 3 N–H and O–H groups in total. The fourth-order valence-electron chi connectivity index (χ4n) is 1.62. The highest BCUT2D eigenvalue weighted by molar-refractivity contribution is 7.14. The second-order valence-electron chi connectivity index (χ2n) is 4.18. The van der Waals surface area contributed by atoms with E-state index in [0.29, 0.717) is 11.4 Å². The van der Waals surface area contributed by atoms with Crippen LogP contribution in [-0.2, 0) is 11.3 Å². The molecule has 0 aliphatic rings. The molecular formula is C15H14N2O3S. The Morgan fingerprint density at radius 2 is 1.90 bits per heavy atom. The molecule has 0 atom stereocenters. The van der Waals surface area contributed by atoms with E-state index in [-0.39, 0.29) is 5.91 Å². The minimum atomic E-state index is -0.562. The van der Waals surface area contributed by atoms with Crippen LogP contribution in [0.4, 0.5) is 0 Å². The lowest BCUT2D eigenvalue weighted by atomic mass is 10.2. The Bertz CT molecular complexity index is 650. The van der Waals surface area contributed by atoms with E-state index in [4.69, 9.17) is 5.21 Å². The van der Waals surface area contributed by atoms with Gasteiger partial charge in [0.1, 0.15) is 0 Å². The van der Waals surface area contributed by atoms with Crippen molar-refractivity contribution in [3.63, 3.8) is 0 Å². The number of nitrogens with one attached hydrogen (secondary N) is 2. The van der Waals surface area contributed by atoms with Gasteiger partial charge in [0.25, 0.3) is 5.91 Å². The van der Waals surface area contributed by atoms with E-state index in [0.717, 1.165) is 10.4 Å². The fraction of sp³-hybridized carbons (Fsp3) is 0.0667. The van der Waals surface area contributed by atoms with Crippen molar-refractivity contribution in [2.75, 3.05) is 0 Å². The van der Waals surface area contributed by atoms with Crippen LogP contribution in [0.2, 0.25) is 0 Å². The van der Waals surface area contributed by atoms with Gasteiger partial charge in [0.2, 0.25) is 5.91 Å². The van der Waals surface area contributed by atoms with Crippen LogP contribution in [0, 0.1) is 0 Å². The maximum atomic E-state index is 11.7. The number of rotatable bonds is 5. The van der Waals surface area contributed by atoms with Gasteiger partial charge in [-0.3, -0.25) is 14.8 Å². The third-order valence-corrected chi connectivity index (χ3v) is 3.71. The van der Waals surface area contributed by atoms with E-state index in [9.17, 15) is 9.59 Å². The largest absolute Gasteiger partial charge is 0.348 e. The molecule has 21 heavy (non-hydrogen) atoms. The summed E-state index contributed by atoms with van der Waals surface area (Å²) in [5.74, 6) is -0.770. The second kappa shape index (κ2) is 7.37. The molecule has 0 unspecified atom stereocenters. The Labute approximate surface area is 125 Å². The average molecular weight is 302 g/mol. The van der Waals surface area contributed by atoms with E-state index in [1.54, 1.807) is 23.7 Å². The minimum absolute atomic E-state index is 0.208. The van der Waals surface area contributed by atoms with Crippen molar-refractivity contribution in [2.24, 2.45) is 0 Å². The molecule has 0 aliphatic carbocycles. The number of benzene rings is 1.